The van der Waals surface area contributed by atoms with Crippen molar-refractivity contribution in [2.75, 3.05) is 13.2 Å². The molecule has 1 aromatic heterocycles. The van der Waals surface area contributed by atoms with Crippen LogP contribution >= 0.6 is 0 Å². The van der Waals surface area contributed by atoms with E-state index in [2.05, 4.69) is 11.8 Å². The molecule has 5 nitrogen and oxygen atoms in total. The van der Waals surface area contributed by atoms with Crippen LogP contribution in [0.15, 0.2) is 17.1 Å². The van der Waals surface area contributed by atoms with Gasteiger partial charge in [-0.15, -0.1) is 0 Å². The number of nitrogens with zero attached hydrogens (tertiary/aromatic N) is 2. The maximum Gasteiger partial charge on any atom is 0.223 e. The number of aliphatic hydroxyl groups is 1. The van der Waals surface area contributed by atoms with Crippen LogP contribution in [-0.4, -0.2) is 38.9 Å². The largest absolute Gasteiger partial charge is 0.503 e. The van der Waals surface area contributed by atoms with Gasteiger partial charge in [-0.3, -0.25) is 9.69 Å². The summed E-state index contributed by atoms with van der Waals surface area (Å²) in [4.78, 5) is 14.2. The monoisotopic (exact) mass is 294 g/mol. The van der Waals surface area contributed by atoms with Crippen LogP contribution < -0.4 is 5.43 Å². The Morgan fingerprint density at radius 3 is 2.90 bits per heavy atom. The molecule has 0 radical (unpaired) electrons. The fourth-order valence-corrected chi connectivity index (χ4v) is 3.13. The lowest BCUT2D eigenvalue weighted by Gasteiger charge is -2.35. The Bertz CT molecular complexity index is 513. The Kier molecular flexibility index (Phi) is 5.82. The lowest BCUT2D eigenvalue weighted by molar-refractivity contribution is 0.132. The average molecular weight is 294 g/mol. The van der Waals surface area contributed by atoms with Crippen molar-refractivity contribution in [2.24, 2.45) is 0 Å². The molecule has 0 aromatic carbocycles. The summed E-state index contributed by atoms with van der Waals surface area (Å²) in [5, 5.41) is 18.6. The van der Waals surface area contributed by atoms with Gasteiger partial charge < -0.3 is 14.8 Å². The van der Waals surface area contributed by atoms with E-state index in [4.69, 9.17) is 5.11 Å². The highest BCUT2D eigenvalue weighted by Crippen LogP contribution is 2.22. The van der Waals surface area contributed by atoms with Crippen LogP contribution in [0.3, 0.4) is 0 Å². The molecule has 2 rings (SSSR count). The molecule has 1 aliphatic rings. The number of likely N-dealkylation sites (tertiary alicyclic amines) is 1. The summed E-state index contributed by atoms with van der Waals surface area (Å²) in [6.45, 7) is 4.73. The summed E-state index contributed by atoms with van der Waals surface area (Å²) in [7, 11) is 0. The summed E-state index contributed by atoms with van der Waals surface area (Å²) in [6.07, 6.45) is 6.94. The van der Waals surface area contributed by atoms with Gasteiger partial charge in [-0.2, -0.15) is 0 Å². The second-order valence-electron chi connectivity index (χ2n) is 5.81. The average Bonchev–Trinajstić information content (AvgIpc) is 2.50. The minimum atomic E-state index is -0.324. The van der Waals surface area contributed by atoms with Crippen molar-refractivity contribution < 1.29 is 10.2 Å². The predicted molar refractivity (Wildman–Crippen MR) is 82.4 cm³/mol. The molecule has 118 valence electrons. The first kappa shape index (κ1) is 16.0. The zero-order valence-electron chi connectivity index (χ0n) is 12.8. The fraction of sp³-hybridized carbons (Fsp3) is 0.688. The molecule has 0 spiro atoms. The van der Waals surface area contributed by atoms with Gasteiger partial charge in [-0.1, -0.05) is 13.3 Å². The molecule has 1 aromatic rings. The minimum Gasteiger partial charge on any atom is -0.503 e. The van der Waals surface area contributed by atoms with E-state index in [0.717, 1.165) is 25.2 Å². The summed E-state index contributed by atoms with van der Waals surface area (Å²) in [5.41, 5.74) is 0.599. The standard InChI is InChI=1S/C16H26N2O3/c1-2-13-6-3-4-7-17(13)11-14-10-15(20)16(21)12-18(14)8-5-9-19/h10,12-13,19,21H,2-9,11H2,1H3. The van der Waals surface area contributed by atoms with Gasteiger partial charge in [-0.05, 0) is 32.2 Å². The zero-order valence-corrected chi connectivity index (χ0v) is 12.8. The number of aliphatic hydroxyl groups excluding tert-OH is 1. The van der Waals surface area contributed by atoms with Gasteiger partial charge in [0.2, 0.25) is 5.43 Å². The summed E-state index contributed by atoms with van der Waals surface area (Å²) >= 11 is 0. The fourth-order valence-electron chi connectivity index (χ4n) is 3.13. The summed E-state index contributed by atoms with van der Waals surface area (Å²) < 4.78 is 1.90. The molecular formula is C16H26N2O3. The molecule has 1 atom stereocenters. The van der Waals surface area contributed by atoms with Crippen molar-refractivity contribution in [1.29, 1.82) is 0 Å². The van der Waals surface area contributed by atoms with Crippen molar-refractivity contribution in [1.82, 2.24) is 9.47 Å². The van der Waals surface area contributed by atoms with E-state index in [1.54, 1.807) is 0 Å². The Hall–Kier alpha value is -1.33. The second kappa shape index (κ2) is 7.61. The molecule has 1 aliphatic heterocycles. The molecule has 1 saturated heterocycles. The van der Waals surface area contributed by atoms with Gasteiger partial charge >= 0.3 is 0 Å². The highest BCUT2D eigenvalue weighted by atomic mass is 16.3. The van der Waals surface area contributed by atoms with Gasteiger partial charge in [0.1, 0.15) is 0 Å². The molecule has 2 heterocycles. The van der Waals surface area contributed by atoms with E-state index in [-0.39, 0.29) is 17.8 Å². The van der Waals surface area contributed by atoms with Crippen molar-refractivity contribution in [3.05, 3.63) is 28.2 Å². The molecule has 5 heteroatoms. The normalized spacial score (nSPS) is 19.8. The van der Waals surface area contributed by atoms with Crippen LogP contribution in [0.5, 0.6) is 5.75 Å². The number of rotatable bonds is 6. The number of hydrogen-bond donors (Lipinski definition) is 2. The number of pyridine rings is 1. The van der Waals surface area contributed by atoms with E-state index in [1.807, 2.05) is 4.57 Å². The number of hydrogen-bond acceptors (Lipinski definition) is 4. The Labute approximate surface area is 125 Å². The van der Waals surface area contributed by atoms with Gasteiger partial charge in [0.15, 0.2) is 5.75 Å². The lowest BCUT2D eigenvalue weighted by atomic mass is 10.00. The third-order valence-corrected chi connectivity index (χ3v) is 4.34. The smallest absolute Gasteiger partial charge is 0.223 e. The molecule has 1 unspecified atom stereocenters. The maximum atomic E-state index is 11.7. The number of piperidine rings is 1. The van der Waals surface area contributed by atoms with E-state index in [1.165, 1.54) is 31.5 Å². The zero-order chi connectivity index (χ0) is 15.2. The van der Waals surface area contributed by atoms with Crippen molar-refractivity contribution in [3.8, 4) is 5.75 Å². The third kappa shape index (κ3) is 4.08. The molecule has 0 bridgehead atoms. The van der Waals surface area contributed by atoms with Gasteiger partial charge in [0, 0.05) is 37.5 Å². The highest BCUT2D eigenvalue weighted by Gasteiger charge is 2.21. The van der Waals surface area contributed by atoms with Crippen LogP contribution in [0.25, 0.3) is 0 Å². The quantitative estimate of drug-likeness (QED) is 0.838. The van der Waals surface area contributed by atoms with E-state index >= 15 is 0 Å². The topological polar surface area (TPSA) is 65.7 Å². The number of aromatic hydroxyl groups is 1. The summed E-state index contributed by atoms with van der Waals surface area (Å²) in [5.74, 6) is -0.220. The van der Waals surface area contributed by atoms with Crippen molar-refractivity contribution in [3.63, 3.8) is 0 Å². The SMILES string of the molecule is CCC1CCCCN1Cc1cc(=O)c(O)cn1CCCO. The Morgan fingerprint density at radius 2 is 2.19 bits per heavy atom. The van der Waals surface area contributed by atoms with Crippen LogP contribution in [0.1, 0.15) is 44.7 Å². The first-order valence-electron chi connectivity index (χ1n) is 7.93. The van der Waals surface area contributed by atoms with Crippen molar-refractivity contribution >= 4 is 0 Å². The van der Waals surface area contributed by atoms with E-state index in [0.29, 0.717) is 19.0 Å². The minimum absolute atomic E-state index is 0.105. The van der Waals surface area contributed by atoms with Gasteiger partial charge in [0.05, 0.1) is 6.20 Å². The van der Waals surface area contributed by atoms with Crippen molar-refractivity contribution in [2.45, 2.75) is 58.2 Å². The molecule has 21 heavy (non-hydrogen) atoms. The lowest BCUT2D eigenvalue weighted by Crippen LogP contribution is -2.39. The highest BCUT2D eigenvalue weighted by molar-refractivity contribution is 5.20. The molecule has 0 saturated carbocycles. The van der Waals surface area contributed by atoms with Crippen LogP contribution in [0.4, 0.5) is 0 Å². The first-order chi connectivity index (χ1) is 10.2. The predicted octanol–water partition coefficient (Wildman–Crippen LogP) is 1.70. The van der Waals surface area contributed by atoms with Crippen LogP contribution in [0.2, 0.25) is 0 Å². The Morgan fingerprint density at radius 1 is 1.38 bits per heavy atom. The molecule has 1 fully saturated rings. The van der Waals surface area contributed by atoms with Crippen LogP contribution in [-0.2, 0) is 13.1 Å². The second-order valence-corrected chi connectivity index (χ2v) is 5.81. The molecule has 2 N–H and O–H groups in total. The van der Waals surface area contributed by atoms with E-state index < -0.39 is 0 Å². The maximum absolute atomic E-state index is 11.7. The molecule has 0 amide bonds. The first-order valence-corrected chi connectivity index (χ1v) is 7.93. The van der Waals surface area contributed by atoms with Gasteiger partial charge in [-0.25, -0.2) is 0 Å². The Balaban J connectivity index is 2.20. The van der Waals surface area contributed by atoms with Crippen LogP contribution in [0, 0.1) is 0 Å². The molecule has 0 aliphatic carbocycles. The van der Waals surface area contributed by atoms with Gasteiger partial charge in [0.25, 0.3) is 0 Å². The summed E-state index contributed by atoms with van der Waals surface area (Å²) in [6, 6.07) is 2.11. The number of aromatic nitrogens is 1. The number of aryl methyl sites for hydroxylation is 1. The van der Waals surface area contributed by atoms with E-state index in [9.17, 15) is 9.90 Å². The third-order valence-electron chi connectivity index (χ3n) is 4.34. The molecular weight excluding hydrogens is 268 g/mol.